The van der Waals surface area contributed by atoms with Crippen LogP contribution >= 0.6 is 0 Å². The Kier molecular flexibility index (Phi) is 211. The predicted octanol–water partition coefficient (Wildman–Crippen LogP) is -13.1. The van der Waals surface area contributed by atoms with Crippen molar-refractivity contribution in [1.29, 1.82) is 0 Å². The molecule has 0 radical (unpaired) electrons. The molecule has 0 aliphatic carbocycles. The molecule has 0 aromatic rings. The fraction of sp³-hybridized carbons (Fsp3) is 0.852. The summed E-state index contributed by atoms with van der Waals surface area (Å²) in [6.07, 6.45) is 0.648. The van der Waals surface area contributed by atoms with Gasteiger partial charge in [-0.1, -0.05) is 14.4 Å². The number of hydrogen-bond acceptors (Lipinski definition) is 37. The Hall–Kier alpha value is -3.00. The number of carbonyl (C=O) groups excluding carboxylic acids is 4. The first-order valence-electron chi connectivity index (χ1n) is 17.5. The first-order valence-corrected chi connectivity index (χ1v) is 17.5. The van der Waals surface area contributed by atoms with Crippen LogP contribution in [-0.4, -0.2) is 149 Å². The van der Waals surface area contributed by atoms with Crippen LogP contribution in [0.3, 0.4) is 0 Å². The van der Waals surface area contributed by atoms with Crippen LogP contribution in [0, 0.1) is 0 Å². The first-order chi connectivity index (χ1) is 31.3. The topological polar surface area (TPSA) is 751 Å². The molecule has 1 aliphatic rings. The van der Waals surface area contributed by atoms with Gasteiger partial charge in [0, 0.05) is 33.5 Å². The van der Waals surface area contributed by atoms with E-state index in [0.29, 0.717) is 84.2 Å². The fourth-order valence-corrected chi connectivity index (χ4v) is 2.39. The number of hydrogen-bond donors (Lipinski definition) is 24. The van der Waals surface area contributed by atoms with E-state index in [0.717, 1.165) is 0 Å². The van der Waals surface area contributed by atoms with Gasteiger partial charge in [-0.3, -0.25) is 131 Å². The monoisotopic (exact) mass is 982 g/mol. The van der Waals surface area contributed by atoms with Gasteiger partial charge in [-0.2, -0.15) is 11.1 Å². The third-order valence-corrected chi connectivity index (χ3v) is 4.43. The number of hydrazine groups is 12. The van der Waals surface area contributed by atoms with Crippen molar-refractivity contribution in [3.05, 3.63) is 0 Å². The maximum absolute atomic E-state index is 11.4. The zero-order valence-corrected chi connectivity index (χ0v) is 38.5. The minimum Gasteiger partial charge on any atom is -0.382 e. The Morgan fingerprint density at radius 2 is 0.677 bits per heavy atom. The maximum atomic E-state index is 11.4. The van der Waals surface area contributed by atoms with E-state index in [9.17, 15) is 19.2 Å². The molecule has 46 N–H and O–H groups in total. The van der Waals surface area contributed by atoms with Crippen LogP contribution < -0.4 is 139 Å². The summed E-state index contributed by atoms with van der Waals surface area (Å²) in [4.78, 5) is 49.2. The van der Waals surface area contributed by atoms with Gasteiger partial charge in [0.2, 0.25) is 0 Å². The Bertz CT molecular complexity index is 701. The lowest BCUT2D eigenvalue weighted by molar-refractivity contribution is -0.200. The minimum absolute atomic E-state index is 0. The summed E-state index contributed by atoms with van der Waals surface area (Å²) in [5.74, 6) is 79.8. The smallest absolute Gasteiger partial charge is 0.358 e. The van der Waals surface area contributed by atoms with Gasteiger partial charge in [-0.25, -0.2) is 4.79 Å². The van der Waals surface area contributed by atoms with E-state index in [1.54, 1.807) is 25.3 Å². The van der Waals surface area contributed by atoms with Crippen molar-refractivity contribution in [2.24, 2.45) is 128 Å². The number of hydroxylamine groups is 2. The third-order valence-electron chi connectivity index (χ3n) is 4.43. The van der Waals surface area contributed by atoms with Crippen LogP contribution in [0.25, 0.3) is 0 Å². The van der Waals surface area contributed by atoms with Crippen LogP contribution in [0.2, 0.25) is 0 Å². The molecule has 0 atom stereocenters. The molecule has 65 heavy (non-hydrogen) atoms. The molecule has 410 valence electrons. The lowest BCUT2D eigenvalue weighted by atomic mass is 10.3. The molecular weight excluding hydrogens is 882 g/mol. The summed E-state index contributed by atoms with van der Waals surface area (Å²) < 4.78 is 40.5. The second kappa shape index (κ2) is 137. The van der Waals surface area contributed by atoms with E-state index in [-0.39, 0.29) is 45.9 Å². The lowest BCUT2D eigenvalue weighted by Gasteiger charge is -2.12. The van der Waals surface area contributed by atoms with Crippen molar-refractivity contribution < 1.29 is 61.9 Å². The molecule has 38 nitrogen and oxygen atoms in total. The molecule has 38 heteroatoms. The predicted molar refractivity (Wildman–Crippen MR) is 248 cm³/mol. The second-order valence-corrected chi connectivity index (χ2v) is 7.81. The van der Waals surface area contributed by atoms with Crippen molar-refractivity contribution >= 4 is 23.6 Å². The van der Waals surface area contributed by atoms with Crippen LogP contribution in [-0.2, 0) is 61.9 Å². The van der Waals surface area contributed by atoms with Crippen molar-refractivity contribution in [2.45, 2.75) is 33.6 Å². The lowest BCUT2D eigenvalue weighted by Crippen LogP contribution is -2.33. The van der Waals surface area contributed by atoms with Gasteiger partial charge in [-0.15, -0.1) is 5.06 Å². The van der Waals surface area contributed by atoms with E-state index < -0.39 is 17.8 Å². The van der Waals surface area contributed by atoms with E-state index in [1.807, 2.05) is 6.92 Å². The number of imide groups is 1. The average molecular weight is 982 g/mol. The molecule has 1 rings (SSSR count). The van der Waals surface area contributed by atoms with E-state index in [1.165, 1.54) is 14.1 Å². The highest BCUT2D eigenvalue weighted by atomic mass is 16.7. The number of ketones is 1. The maximum Gasteiger partial charge on any atom is 0.358 e. The summed E-state index contributed by atoms with van der Waals surface area (Å²) >= 11 is 0. The number of nitrogens with zero attached hydrogens (tertiary/aromatic N) is 1. The number of Topliss-reactive ketones (excluding diaryl/α,β-unsaturated/α-hetero) is 1. The highest BCUT2D eigenvalue weighted by Crippen LogP contribution is 2.11. The van der Waals surface area contributed by atoms with Crippen molar-refractivity contribution in [1.82, 2.24) is 16.1 Å². The molecule has 0 saturated carbocycles. The normalized spacial score (nSPS) is 9.06. The van der Waals surface area contributed by atoms with Gasteiger partial charge < -0.3 is 54.2 Å². The van der Waals surface area contributed by atoms with Gasteiger partial charge in [-0.05, 0) is 14.1 Å². The van der Waals surface area contributed by atoms with E-state index in [2.05, 4.69) is 133 Å². The molecule has 0 bridgehead atoms. The molecule has 1 fully saturated rings. The Balaban J connectivity index is -0.0000000442. The van der Waals surface area contributed by atoms with Crippen LogP contribution in [0.15, 0.2) is 0 Å². The summed E-state index contributed by atoms with van der Waals surface area (Å²) in [6, 6.07) is 0. The SMILES string of the molecule is C.CCC(=O)COCCOCCOCCOC.CN.CN.COCCOCCOCCOCC(=O)ON1C(=O)CCC1=O.NN.NN.NN.NN.NN.NN.NN.NN.NNN.NNN. The largest absolute Gasteiger partial charge is 0.382 e. The van der Waals surface area contributed by atoms with E-state index >= 15 is 0 Å². The molecule has 0 aromatic heterocycles. The molecule has 0 aromatic carbocycles. The fourth-order valence-electron chi connectivity index (χ4n) is 2.39. The van der Waals surface area contributed by atoms with Crippen molar-refractivity contribution in [2.75, 3.05) is 121 Å². The molecule has 2 amide bonds. The van der Waals surface area contributed by atoms with E-state index in [4.69, 9.17) is 37.9 Å². The Morgan fingerprint density at radius 1 is 0.462 bits per heavy atom. The number of ether oxygens (including phenoxy) is 8. The Morgan fingerprint density at radius 3 is 0.908 bits per heavy atom. The van der Waals surface area contributed by atoms with Crippen LogP contribution in [0.5, 0.6) is 0 Å². The number of carbonyl (C=O) groups is 4. The average Bonchev–Trinajstić information content (AvgIpc) is 3.69. The number of nitrogens with one attached hydrogen (secondary N) is 2. The third kappa shape index (κ3) is 133. The highest BCUT2D eigenvalue weighted by Gasteiger charge is 2.32. The first kappa shape index (κ1) is 100. The molecule has 1 saturated heterocycles. The highest BCUT2D eigenvalue weighted by molar-refractivity contribution is 6.01. The number of methoxy groups -OCH3 is 2. The van der Waals surface area contributed by atoms with Gasteiger partial charge in [0.1, 0.15) is 13.2 Å². The molecule has 0 unspecified atom stereocenters. The molecule has 0 spiro atoms. The number of rotatable bonds is 24. The van der Waals surface area contributed by atoms with Gasteiger partial charge in [0.25, 0.3) is 11.8 Å². The summed E-state index contributed by atoms with van der Waals surface area (Å²) in [6.45, 7) is 7.25. The van der Waals surface area contributed by atoms with Crippen LogP contribution in [0.4, 0.5) is 0 Å². The van der Waals surface area contributed by atoms with Gasteiger partial charge in [0.15, 0.2) is 5.78 Å². The Labute approximate surface area is 384 Å². The summed E-state index contributed by atoms with van der Waals surface area (Å²) in [5.41, 5.74) is 12.5. The molecular formula is C27H99N25O13. The number of nitrogens with two attached hydrogens (primary N) is 22. The standard InChI is InChI=1S/C13H21NO8.C11H22O5.2CH5N.CH4.2H5N3.8H4N2/c1-18-4-5-19-6-7-20-8-9-21-10-13(17)22-14-11(15)2-3-12(14)16;1-3-11(12)10-16-9-8-15-7-6-14-5-4-13-2;2*1-2;;2*1-3-2;8*1-2/h2-10H2,1H3;3-10H2,1-2H3;2*2H2,1H3;1H4;2*3H,1-2H2;8*1-2H2. The molecule has 1 aliphatic heterocycles. The van der Waals surface area contributed by atoms with Crippen molar-refractivity contribution in [3.63, 3.8) is 0 Å². The zero-order chi connectivity index (χ0) is 53.7. The van der Waals surface area contributed by atoms with Crippen LogP contribution in [0.1, 0.15) is 33.6 Å². The summed E-state index contributed by atoms with van der Waals surface area (Å²) in [5, 5.41) is 0.486. The summed E-state index contributed by atoms with van der Waals surface area (Å²) in [7, 11) is 6.23. The zero-order valence-electron chi connectivity index (χ0n) is 38.5. The quantitative estimate of drug-likeness (QED) is 0.0185. The van der Waals surface area contributed by atoms with Gasteiger partial charge in [0.05, 0.1) is 79.3 Å². The molecule has 1 heterocycles. The van der Waals surface area contributed by atoms with Gasteiger partial charge >= 0.3 is 5.97 Å². The minimum atomic E-state index is -0.800. The second-order valence-electron chi connectivity index (χ2n) is 7.81. The number of amides is 2. The van der Waals surface area contributed by atoms with Crippen molar-refractivity contribution in [3.8, 4) is 0 Å².